The van der Waals surface area contributed by atoms with Crippen LogP contribution in [0.3, 0.4) is 0 Å². The fourth-order valence-electron chi connectivity index (χ4n) is 4.79. The van der Waals surface area contributed by atoms with Gasteiger partial charge in [-0.25, -0.2) is 0 Å². The molecule has 128 valence electrons. The van der Waals surface area contributed by atoms with E-state index in [0.29, 0.717) is 5.75 Å². The van der Waals surface area contributed by atoms with Crippen LogP contribution in [0.2, 0.25) is 0 Å². The number of hydrogen-bond donors (Lipinski definition) is 2. The van der Waals surface area contributed by atoms with Crippen LogP contribution in [0.15, 0.2) is 34.3 Å². The van der Waals surface area contributed by atoms with Gasteiger partial charge in [0.25, 0.3) is 0 Å². The Kier molecular flexibility index (Phi) is 4.48. The van der Waals surface area contributed by atoms with Gasteiger partial charge in [-0.3, -0.25) is 0 Å². The fraction of sp³-hybridized carbons (Fsp3) is 0.524. The molecule has 24 heavy (non-hydrogen) atoms. The molecule has 0 fully saturated rings. The Morgan fingerprint density at radius 2 is 1.75 bits per heavy atom. The summed E-state index contributed by atoms with van der Waals surface area (Å²) in [6, 6.07) is 3.94. The number of aliphatic hydroxyl groups is 1. The average Bonchev–Trinajstić information content (AvgIpc) is 2.62. The predicted molar refractivity (Wildman–Crippen MR) is 101 cm³/mol. The van der Waals surface area contributed by atoms with Crippen LogP contribution in [0, 0.1) is 0 Å². The molecule has 0 bridgehead atoms. The first-order valence-electron chi connectivity index (χ1n) is 9.20. The van der Waals surface area contributed by atoms with E-state index in [0.717, 1.165) is 36.2 Å². The second kappa shape index (κ2) is 6.61. The molecule has 0 aliphatic heterocycles. The quantitative estimate of drug-likeness (QED) is 0.807. The van der Waals surface area contributed by atoms with Crippen LogP contribution in [-0.2, 0) is 12.8 Å². The maximum absolute atomic E-state index is 11.1. The van der Waals surface area contributed by atoms with E-state index in [9.17, 15) is 10.2 Å². The van der Waals surface area contributed by atoms with Gasteiger partial charge >= 0.3 is 0 Å². The summed E-state index contributed by atoms with van der Waals surface area (Å²) in [6.45, 7) is 0. The molecule has 2 nitrogen and oxygen atoms in total. The van der Waals surface area contributed by atoms with E-state index in [4.69, 9.17) is 0 Å². The first kappa shape index (κ1) is 16.3. The van der Waals surface area contributed by atoms with Crippen molar-refractivity contribution in [3.63, 3.8) is 0 Å². The van der Waals surface area contributed by atoms with Gasteiger partial charge in [0, 0.05) is 16.4 Å². The minimum atomic E-state index is -0.517. The van der Waals surface area contributed by atoms with Crippen molar-refractivity contribution in [2.24, 2.45) is 0 Å². The molecule has 0 heterocycles. The number of phenols is 1. The normalized spacial score (nSPS) is 26.7. The number of phenolic OH excluding ortho intramolecular Hbond substituents is 1. The highest BCUT2D eigenvalue weighted by molar-refractivity contribution is 8.02. The van der Waals surface area contributed by atoms with Gasteiger partial charge in [0.2, 0.25) is 0 Å². The zero-order chi connectivity index (χ0) is 16.7. The Bertz CT molecular complexity index is 717. The highest BCUT2D eigenvalue weighted by Crippen LogP contribution is 2.49. The molecule has 0 saturated carbocycles. The molecule has 0 radical (unpaired) electrons. The van der Waals surface area contributed by atoms with E-state index in [-0.39, 0.29) is 5.92 Å². The largest absolute Gasteiger partial charge is 0.508 e. The number of rotatable bonds is 2. The lowest BCUT2D eigenvalue weighted by Crippen LogP contribution is -2.28. The molecule has 2 N–H and O–H groups in total. The number of aryl methyl sites for hydroxylation is 1. The molecular weight excluding hydrogens is 316 g/mol. The lowest BCUT2D eigenvalue weighted by atomic mass is 9.71. The number of thioether (sulfide) groups is 1. The van der Waals surface area contributed by atoms with Crippen molar-refractivity contribution in [2.75, 3.05) is 6.26 Å². The molecule has 1 aromatic carbocycles. The van der Waals surface area contributed by atoms with E-state index in [1.807, 2.05) is 12.3 Å². The fourth-order valence-corrected chi connectivity index (χ4v) is 5.42. The van der Waals surface area contributed by atoms with Crippen molar-refractivity contribution >= 4 is 11.8 Å². The lowest BCUT2D eigenvalue weighted by Gasteiger charge is -2.37. The van der Waals surface area contributed by atoms with Gasteiger partial charge in [-0.05, 0) is 86.5 Å². The van der Waals surface area contributed by atoms with Crippen LogP contribution in [0.1, 0.15) is 61.1 Å². The van der Waals surface area contributed by atoms with Gasteiger partial charge in [-0.1, -0.05) is 11.6 Å². The monoisotopic (exact) mass is 342 g/mol. The van der Waals surface area contributed by atoms with Crippen LogP contribution in [-0.4, -0.2) is 22.6 Å². The molecule has 0 spiro atoms. The third-order valence-electron chi connectivity index (χ3n) is 5.95. The van der Waals surface area contributed by atoms with E-state index < -0.39 is 6.10 Å². The molecule has 3 aliphatic rings. The van der Waals surface area contributed by atoms with E-state index in [2.05, 4.69) is 12.1 Å². The smallest absolute Gasteiger partial charge is 0.119 e. The van der Waals surface area contributed by atoms with Crippen LogP contribution < -0.4 is 0 Å². The van der Waals surface area contributed by atoms with Crippen LogP contribution in [0.4, 0.5) is 0 Å². The highest BCUT2D eigenvalue weighted by Gasteiger charge is 2.37. The summed E-state index contributed by atoms with van der Waals surface area (Å²) in [5.74, 6) is 0.320. The number of hydrogen-bond acceptors (Lipinski definition) is 3. The Labute approximate surface area is 148 Å². The molecule has 1 aromatic rings. The summed E-state index contributed by atoms with van der Waals surface area (Å²) >= 11 is 1.65. The SMILES string of the molecule is CSC1=CC2=C(CCCC2)[C@H](c2c(O)ccc3c2CCCC3)[C@@H]1O. The first-order chi connectivity index (χ1) is 11.7. The molecule has 4 rings (SSSR count). The van der Waals surface area contributed by atoms with E-state index in [1.165, 1.54) is 48.0 Å². The van der Waals surface area contributed by atoms with Crippen molar-refractivity contribution in [3.05, 3.63) is 51.0 Å². The van der Waals surface area contributed by atoms with Gasteiger partial charge in [0.1, 0.15) is 5.75 Å². The van der Waals surface area contributed by atoms with Crippen LogP contribution in [0.5, 0.6) is 5.75 Å². The maximum atomic E-state index is 11.1. The van der Waals surface area contributed by atoms with Crippen LogP contribution in [0.25, 0.3) is 0 Å². The standard InChI is InChI=1S/C21H26O2S/c1-24-18-12-14-7-3-5-9-16(14)20(21(18)23)19-15-8-4-2-6-13(15)10-11-17(19)22/h10-12,20-23H,2-9H2,1H3/t20-,21-/m1/s1. The van der Waals surface area contributed by atoms with Gasteiger partial charge < -0.3 is 10.2 Å². The average molecular weight is 343 g/mol. The third-order valence-corrected chi connectivity index (χ3v) is 6.79. The molecule has 3 heteroatoms. The Balaban J connectivity index is 1.89. The second-order valence-corrected chi connectivity index (χ2v) is 8.15. The molecule has 0 aromatic heterocycles. The number of aliphatic hydroxyl groups excluding tert-OH is 1. The van der Waals surface area contributed by atoms with Gasteiger partial charge in [-0.2, -0.15) is 0 Å². The Morgan fingerprint density at radius 1 is 1.00 bits per heavy atom. The summed E-state index contributed by atoms with van der Waals surface area (Å²) in [4.78, 5) is 1.05. The van der Waals surface area contributed by atoms with Crippen molar-refractivity contribution in [3.8, 4) is 5.75 Å². The molecular formula is C21H26O2S. The summed E-state index contributed by atoms with van der Waals surface area (Å²) < 4.78 is 0. The van der Waals surface area contributed by atoms with E-state index >= 15 is 0 Å². The summed E-state index contributed by atoms with van der Waals surface area (Å²) in [7, 11) is 0. The number of benzene rings is 1. The van der Waals surface area contributed by atoms with Gasteiger partial charge in [0.05, 0.1) is 6.10 Å². The lowest BCUT2D eigenvalue weighted by molar-refractivity contribution is 0.191. The number of fused-ring (bicyclic) bond motifs is 1. The minimum Gasteiger partial charge on any atom is -0.508 e. The molecule has 0 amide bonds. The van der Waals surface area contributed by atoms with Crippen molar-refractivity contribution in [1.29, 1.82) is 0 Å². The number of aromatic hydroxyl groups is 1. The Hall–Kier alpha value is -1.19. The number of allylic oxidation sites excluding steroid dienone is 2. The third kappa shape index (κ3) is 2.62. The predicted octanol–water partition coefficient (Wildman–Crippen LogP) is 4.85. The summed E-state index contributed by atoms with van der Waals surface area (Å²) in [5.41, 5.74) is 6.49. The molecule has 0 unspecified atom stereocenters. The van der Waals surface area contributed by atoms with Gasteiger partial charge in [-0.15, -0.1) is 11.8 Å². The van der Waals surface area contributed by atoms with Gasteiger partial charge in [0.15, 0.2) is 0 Å². The zero-order valence-electron chi connectivity index (χ0n) is 14.3. The second-order valence-electron chi connectivity index (χ2n) is 7.27. The zero-order valence-corrected chi connectivity index (χ0v) is 15.2. The highest BCUT2D eigenvalue weighted by atomic mass is 32.2. The summed E-state index contributed by atoms with van der Waals surface area (Å²) in [5, 5.41) is 21.8. The first-order valence-corrected chi connectivity index (χ1v) is 10.4. The van der Waals surface area contributed by atoms with Crippen LogP contribution >= 0.6 is 11.8 Å². The van der Waals surface area contributed by atoms with E-state index in [1.54, 1.807) is 11.8 Å². The molecule has 3 aliphatic carbocycles. The van der Waals surface area contributed by atoms with Crippen molar-refractivity contribution < 1.29 is 10.2 Å². The molecule has 0 saturated heterocycles. The summed E-state index contributed by atoms with van der Waals surface area (Å²) in [6.07, 6.45) is 12.9. The Morgan fingerprint density at radius 3 is 2.58 bits per heavy atom. The topological polar surface area (TPSA) is 40.5 Å². The van der Waals surface area contributed by atoms with Crippen molar-refractivity contribution in [2.45, 2.75) is 63.4 Å². The van der Waals surface area contributed by atoms with Crippen molar-refractivity contribution in [1.82, 2.24) is 0 Å². The maximum Gasteiger partial charge on any atom is 0.119 e. The molecule has 2 atom stereocenters. The minimum absolute atomic E-state index is 0.0548.